The van der Waals surface area contributed by atoms with Gasteiger partial charge in [0, 0.05) is 31.0 Å². The van der Waals surface area contributed by atoms with Crippen LogP contribution in [0.25, 0.3) is 0 Å². The van der Waals surface area contributed by atoms with Gasteiger partial charge in [-0.1, -0.05) is 25.5 Å². The molecule has 0 atom stereocenters. The number of nitro groups is 1. The molecule has 1 heterocycles. The van der Waals surface area contributed by atoms with E-state index in [-0.39, 0.29) is 11.6 Å². The molecular weight excluding hydrogens is 372 g/mol. The van der Waals surface area contributed by atoms with Gasteiger partial charge in [-0.05, 0) is 49.1 Å². The average molecular weight is 398 g/mol. The van der Waals surface area contributed by atoms with E-state index in [2.05, 4.69) is 12.2 Å². The average Bonchev–Trinajstić information content (AvgIpc) is 2.75. The first-order valence-electron chi connectivity index (χ1n) is 9.92. The fourth-order valence-corrected chi connectivity index (χ4v) is 3.49. The molecule has 1 saturated heterocycles. The Labute approximate surface area is 170 Å². The van der Waals surface area contributed by atoms with Crippen LogP contribution in [0.2, 0.25) is 0 Å². The predicted octanol–water partition coefficient (Wildman–Crippen LogP) is 4.46. The minimum absolute atomic E-state index is 0.00929. The number of non-ortho nitro benzene ring substituents is 1. The smallest absolute Gasteiger partial charge is 0.269 e. The molecule has 2 aromatic carbocycles. The molecule has 0 bridgehead atoms. The van der Waals surface area contributed by atoms with Crippen molar-refractivity contribution in [1.82, 2.24) is 0 Å². The minimum Gasteiger partial charge on any atom is -0.494 e. The molecule has 0 unspecified atom stereocenters. The number of unbranched alkanes of at least 4 members (excludes halogenated alkanes) is 1. The molecule has 1 amide bonds. The highest BCUT2D eigenvalue weighted by atomic mass is 16.6. The van der Waals surface area contributed by atoms with Gasteiger partial charge in [0.1, 0.15) is 5.75 Å². The lowest BCUT2D eigenvalue weighted by atomic mass is 9.73. The van der Waals surface area contributed by atoms with Gasteiger partial charge in [0.2, 0.25) is 5.91 Å². The number of carbonyl (C=O) groups excluding carboxylic acids is 1. The van der Waals surface area contributed by atoms with Crippen molar-refractivity contribution in [3.05, 3.63) is 64.2 Å². The zero-order valence-electron chi connectivity index (χ0n) is 16.6. The zero-order valence-corrected chi connectivity index (χ0v) is 16.6. The number of nitrogens with zero attached hydrogens (tertiary/aromatic N) is 1. The van der Waals surface area contributed by atoms with E-state index in [1.54, 1.807) is 12.1 Å². The second-order valence-electron chi connectivity index (χ2n) is 7.18. The minimum atomic E-state index is -0.774. The van der Waals surface area contributed by atoms with Crippen LogP contribution >= 0.6 is 0 Å². The number of nitro benzene ring substituents is 1. The number of carbonyl (C=O) groups is 1. The first-order valence-corrected chi connectivity index (χ1v) is 9.92. The summed E-state index contributed by atoms with van der Waals surface area (Å²) in [7, 11) is 0. The zero-order chi connectivity index (χ0) is 20.7. The lowest BCUT2D eigenvalue weighted by molar-refractivity contribution is -0.384. The summed E-state index contributed by atoms with van der Waals surface area (Å²) in [5.74, 6) is 0.641. The summed E-state index contributed by atoms with van der Waals surface area (Å²) in [5, 5.41) is 13.9. The second-order valence-corrected chi connectivity index (χ2v) is 7.18. The Kier molecular flexibility index (Phi) is 6.82. The Morgan fingerprint density at radius 2 is 1.79 bits per heavy atom. The molecule has 7 heteroatoms. The lowest BCUT2D eigenvalue weighted by Gasteiger charge is -2.36. The standard InChI is InChI=1S/C22H26N2O5/c1-2-3-14-29-20-10-6-18(7-11-20)23-21(25)22(12-15-28-16-13-22)17-4-8-19(9-5-17)24(26)27/h4-11H,2-3,12-16H2,1H3,(H,23,25). The van der Waals surface area contributed by atoms with Gasteiger partial charge in [-0.25, -0.2) is 0 Å². The fourth-order valence-electron chi connectivity index (χ4n) is 3.49. The van der Waals surface area contributed by atoms with Crippen molar-refractivity contribution in [3.8, 4) is 5.75 Å². The first kappa shape index (κ1) is 20.8. The summed E-state index contributed by atoms with van der Waals surface area (Å²) >= 11 is 0. The Morgan fingerprint density at radius 1 is 1.14 bits per heavy atom. The Balaban J connectivity index is 1.76. The van der Waals surface area contributed by atoms with Crippen molar-refractivity contribution in [2.45, 2.75) is 38.0 Å². The summed E-state index contributed by atoms with van der Waals surface area (Å²) in [6.07, 6.45) is 3.12. The summed E-state index contributed by atoms with van der Waals surface area (Å²) < 4.78 is 11.1. The highest BCUT2D eigenvalue weighted by Crippen LogP contribution is 2.37. The molecule has 0 spiro atoms. The number of nitrogens with one attached hydrogen (secondary N) is 1. The van der Waals surface area contributed by atoms with Crippen LogP contribution in [0.5, 0.6) is 5.75 Å². The van der Waals surface area contributed by atoms with Crippen molar-refractivity contribution >= 4 is 17.3 Å². The van der Waals surface area contributed by atoms with Crippen LogP contribution in [0, 0.1) is 10.1 Å². The van der Waals surface area contributed by atoms with Gasteiger partial charge >= 0.3 is 0 Å². The largest absolute Gasteiger partial charge is 0.494 e. The molecule has 0 aliphatic carbocycles. The van der Waals surface area contributed by atoms with Crippen molar-refractivity contribution in [2.75, 3.05) is 25.1 Å². The van der Waals surface area contributed by atoms with Gasteiger partial charge < -0.3 is 14.8 Å². The van der Waals surface area contributed by atoms with Gasteiger partial charge in [0.05, 0.1) is 16.9 Å². The summed E-state index contributed by atoms with van der Waals surface area (Å²) in [6.45, 7) is 3.72. The Morgan fingerprint density at radius 3 is 2.38 bits per heavy atom. The number of amides is 1. The van der Waals surface area contributed by atoms with E-state index in [1.165, 1.54) is 12.1 Å². The van der Waals surface area contributed by atoms with E-state index >= 15 is 0 Å². The molecule has 0 aromatic heterocycles. The molecular formula is C22H26N2O5. The van der Waals surface area contributed by atoms with E-state index < -0.39 is 10.3 Å². The summed E-state index contributed by atoms with van der Waals surface area (Å²) in [4.78, 5) is 23.8. The lowest BCUT2D eigenvalue weighted by Crippen LogP contribution is -2.44. The van der Waals surface area contributed by atoms with Gasteiger partial charge in [0.15, 0.2) is 0 Å². The topological polar surface area (TPSA) is 90.7 Å². The van der Waals surface area contributed by atoms with Gasteiger partial charge in [-0.3, -0.25) is 14.9 Å². The molecule has 2 aromatic rings. The normalized spacial score (nSPS) is 15.5. The molecule has 3 rings (SSSR count). The van der Waals surface area contributed by atoms with Crippen LogP contribution in [0.3, 0.4) is 0 Å². The third-order valence-electron chi connectivity index (χ3n) is 5.29. The highest BCUT2D eigenvalue weighted by Gasteiger charge is 2.42. The number of hydrogen-bond acceptors (Lipinski definition) is 5. The Hall–Kier alpha value is -2.93. The third kappa shape index (κ3) is 4.92. The number of ether oxygens (including phenoxy) is 2. The molecule has 1 fully saturated rings. The van der Waals surface area contributed by atoms with E-state index in [0.29, 0.717) is 38.3 Å². The van der Waals surface area contributed by atoms with Crippen molar-refractivity contribution < 1.29 is 19.2 Å². The summed E-state index contributed by atoms with van der Waals surface area (Å²) in [5.41, 5.74) is 0.688. The molecule has 1 N–H and O–H groups in total. The van der Waals surface area contributed by atoms with E-state index in [9.17, 15) is 14.9 Å². The first-order chi connectivity index (χ1) is 14.0. The van der Waals surface area contributed by atoms with E-state index in [1.807, 2.05) is 24.3 Å². The molecule has 154 valence electrons. The predicted molar refractivity (Wildman–Crippen MR) is 110 cm³/mol. The number of hydrogen-bond donors (Lipinski definition) is 1. The molecule has 1 aliphatic rings. The molecule has 1 aliphatic heterocycles. The van der Waals surface area contributed by atoms with Crippen molar-refractivity contribution in [3.63, 3.8) is 0 Å². The number of benzene rings is 2. The van der Waals surface area contributed by atoms with Gasteiger partial charge in [-0.2, -0.15) is 0 Å². The maximum Gasteiger partial charge on any atom is 0.269 e. The maximum absolute atomic E-state index is 13.3. The number of anilines is 1. The van der Waals surface area contributed by atoms with Gasteiger partial charge in [0.25, 0.3) is 5.69 Å². The van der Waals surface area contributed by atoms with Crippen LogP contribution in [-0.2, 0) is 14.9 Å². The quantitative estimate of drug-likeness (QED) is 0.403. The molecule has 29 heavy (non-hydrogen) atoms. The van der Waals surface area contributed by atoms with Gasteiger partial charge in [-0.15, -0.1) is 0 Å². The summed E-state index contributed by atoms with van der Waals surface area (Å²) in [6, 6.07) is 13.6. The van der Waals surface area contributed by atoms with Crippen LogP contribution < -0.4 is 10.1 Å². The highest BCUT2D eigenvalue weighted by molar-refractivity contribution is 5.99. The fraction of sp³-hybridized carbons (Fsp3) is 0.409. The Bertz CT molecular complexity index is 827. The molecule has 0 radical (unpaired) electrons. The third-order valence-corrected chi connectivity index (χ3v) is 5.29. The van der Waals surface area contributed by atoms with Crippen molar-refractivity contribution in [1.29, 1.82) is 0 Å². The van der Waals surface area contributed by atoms with E-state index in [4.69, 9.17) is 9.47 Å². The van der Waals surface area contributed by atoms with E-state index in [0.717, 1.165) is 24.2 Å². The van der Waals surface area contributed by atoms with Crippen LogP contribution in [0.15, 0.2) is 48.5 Å². The SMILES string of the molecule is CCCCOc1ccc(NC(=O)C2(c3ccc([N+](=O)[O-])cc3)CCOCC2)cc1. The maximum atomic E-state index is 13.3. The number of rotatable bonds is 8. The molecule has 7 nitrogen and oxygen atoms in total. The second kappa shape index (κ2) is 9.52. The molecule has 0 saturated carbocycles. The van der Waals surface area contributed by atoms with Crippen LogP contribution in [0.4, 0.5) is 11.4 Å². The van der Waals surface area contributed by atoms with Crippen LogP contribution in [0.1, 0.15) is 38.2 Å². The van der Waals surface area contributed by atoms with Crippen molar-refractivity contribution in [2.24, 2.45) is 0 Å². The monoisotopic (exact) mass is 398 g/mol. The van der Waals surface area contributed by atoms with Crippen LogP contribution in [-0.4, -0.2) is 30.7 Å².